The van der Waals surface area contributed by atoms with Crippen LogP contribution in [0.5, 0.6) is 5.75 Å². The molecular formula is C18H19NO7. The summed E-state index contributed by atoms with van der Waals surface area (Å²) in [6.07, 6.45) is 0. The minimum Gasteiger partial charge on any atom is -0.476 e. The third-order valence-corrected chi connectivity index (χ3v) is 3.93. The molecule has 1 aromatic carbocycles. The molecule has 0 unspecified atom stereocenters. The van der Waals surface area contributed by atoms with E-state index in [4.69, 9.17) is 18.6 Å². The van der Waals surface area contributed by atoms with Gasteiger partial charge in [-0.3, -0.25) is 4.79 Å². The molecule has 1 amide bonds. The topological polar surface area (TPSA) is 95.3 Å². The van der Waals surface area contributed by atoms with Crippen LogP contribution in [0.2, 0.25) is 0 Å². The Hall–Kier alpha value is -2.87. The van der Waals surface area contributed by atoms with E-state index in [1.165, 1.54) is 12.1 Å². The quantitative estimate of drug-likeness (QED) is 0.583. The summed E-state index contributed by atoms with van der Waals surface area (Å²) in [7, 11) is 0. The van der Waals surface area contributed by atoms with Gasteiger partial charge in [0.25, 0.3) is 5.91 Å². The highest BCUT2D eigenvalue weighted by Gasteiger charge is 2.18. The van der Waals surface area contributed by atoms with Crippen molar-refractivity contribution in [3.63, 3.8) is 0 Å². The van der Waals surface area contributed by atoms with Gasteiger partial charge in [-0.2, -0.15) is 0 Å². The molecule has 1 fully saturated rings. The standard InChI is InChI=1S/C18H19NO7/c1-2-24-17(21)13-4-3-12-9-15(18(22)26-14(12)10-13)25-11-16(20)19-5-7-23-8-6-19/h3-4,9-10H,2,5-8,11H2,1H3. The third-order valence-electron chi connectivity index (χ3n) is 3.93. The summed E-state index contributed by atoms with van der Waals surface area (Å²) in [5, 5.41) is 0.575. The van der Waals surface area contributed by atoms with Crippen LogP contribution in [-0.4, -0.2) is 56.3 Å². The molecule has 1 aliphatic heterocycles. The molecule has 0 spiro atoms. The molecule has 2 heterocycles. The van der Waals surface area contributed by atoms with Gasteiger partial charge < -0.3 is 23.5 Å². The van der Waals surface area contributed by atoms with Crippen LogP contribution in [0.15, 0.2) is 33.5 Å². The molecular weight excluding hydrogens is 342 g/mol. The van der Waals surface area contributed by atoms with Gasteiger partial charge in [0.2, 0.25) is 5.75 Å². The Labute approximate surface area is 149 Å². The van der Waals surface area contributed by atoms with Gasteiger partial charge in [-0.1, -0.05) is 6.07 Å². The van der Waals surface area contributed by atoms with E-state index in [0.717, 1.165) is 0 Å². The zero-order valence-corrected chi connectivity index (χ0v) is 14.4. The zero-order chi connectivity index (χ0) is 18.5. The third kappa shape index (κ3) is 4.02. The number of nitrogens with zero attached hydrogens (tertiary/aromatic N) is 1. The first kappa shape index (κ1) is 17.9. The maximum atomic E-state index is 12.1. The summed E-state index contributed by atoms with van der Waals surface area (Å²) in [6.45, 7) is 3.71. The molecule has 0 atom stereocenters. The van der Waals surface area contributed by atoms with Crippen LogP contribution in [0.25, 0.3) is 11.0 Å². The van der Waals surface area contributed by atoms with Crippen LogP contribution in [0.3, 0.4) is 0 Å². The monoisotopic (exact) mass is 361 g/mol. The number of hydrogen-bond acceptors (Lipinski definition) is 7. The summed E-state index contributed by atoms with van der Waals surface area (Å²) < 4.78 is 20.7. The normalized spacial score (nSPS) is 14.3. The number of esters is 1. The molecule has 138 valence electrons. The molecule has 1 aliphatic rings. The summed E-state index contributed by atoms with van der Waals surface area (Å²) in [6, 6.07) is 6.13. The minimum absolute atomic E-state index is 0.0528. The van der Waals surface area contributed by atoms with Gasteiger partial charge in [-0.05, 0) is 25.1 Å². The van der Waals surface area contributed by atoms with Gasteiger partial charge in [0.1, 0.15) is 5.58 Å². The number of ether oxygens (including phenoxy) is 3. The first-order valence-corrected chi connectivity index (χ1v) is 8.32. The fourth-order valence-corrected chi connectivity index (χ4v) is 2.58. The molecule has 0 N–H and O–H groups in total. The van der Waals surface area contributed by atoms with Crippen LogP contribution in [0.4, 0.5) is 0 Å². The van der Waals surface area contributed by atoms with Crippen molar-refractivity contribution in [1.82, 2.24) is 4.90 Å². The summed E-state index contributed by atoms with van der Waals surface area (Å²) >= 11 is 0. The molecule has 1 aromatic heterocycles. The molecule has 8 heteroatoms. The van der Waals surface area contributed by atoms with Crippen molar-refractivity contribution in [2.45, 2.75) is 6.92 Å². The average molecular weight is 361 g/mol. The largest absolute Gasteiger partial charge is 0.476 e. The van der Waals surface area contributed by atoms with E-state index in [9.17, 15) is 14.4 Å². The van der Waals surface area contributed by atoms with Gasteiger partial charge in [-0.15, -0.1) is 0 Å². The summed E-state index contributed by atoms with van der Waals surface area (Å²) in [5.41, 5.74) is -0.181. The number of rotatable bonds is 5. The van der Waals surface area contributed by atoms with Gasteiger partial charge in [0, 0.05) is 18.5 Å². The Balaban J connectivity index is 1.74. The zero-order valence-electron chi connectivity index (χ0n) is 14.4. The number of hydrogen-bond donors (Lipinski definition) is 0. The predicted octanol–water partition coefficient (Wildman–Crippen LogP) is 1.21. The van der Waals surface area contributed by atoms with E-state index >= 15 is 0 Å². The summed E-state index contributed by atoms with van der Waals surface area (Å²) in [5.74, 6) is -0.762. The Kier molecular flexibility index (Phi) is 5.52. The predicted molar refractivity (Wildman–Crippen MR) is 91.3 cm³/mol. The smallest absolute Gasteiger partial charge is 0.379 e. The number of morpholine rings is 1. The van der Waals surface area contributed by atoms with Crippen molar-refractivity contribution in [3.05, 3.63) is 40.2 Å². The van der Waals surface area contributed by atoms with Crippen LogP contribution in [-0.2, 0) is 14.3 Å². The van der Waals surface area contributed by atoms with Crippen molar-refractivity contribution < 1.29 is 28.2 Å². The van der Waals surface area contributed by atoms with E-state index in [1.807, 2.05) is 0 Å². The first-order valence-electron chi connectivity index (χ1n) is 8.32. The second kappa shape index (κ2) is 8.01. The minimum atomic E-state index is -0.715. The molecule has 0 saturated carbocycles. The van der Waals surface area contributed by atoms with Crippen LogP contribution < -0.4 is 10.4 Å². The van der Waals surface area contributed by atoms with Crippen molar-refractivity contribution in [3.8, 4) is 5.75 Å². The first-order chi connectivity index (χ1) is 12.6. The fraction of sp³-hybridized carbons (Fsp3) is 0.389. The van der Waals surface area contributed by atoms with Crippen LogP contribution >= 0.6 is 0 Å². The molecule has 0 radical (unpaired) electrons. The highest BCUT2D eigenvalue weighted by Crippen LogP contribution is 2.19. The van der Waals surface area contributed by atoms with Crippen molar-refractivity contribution in [1.29, 1.82) is 0 Å². The second-order valence-corrected chi connectivity index (χ2v) is 5.65. The van der Waals surface area contributed by atoms with Gasteiger partial charge in [-0.25, -0.2) is 9.59 Å². The highest BCUT2D eigenvalue weighted by atomic mass is 16.5. The number of benzene rings is 1. The number of fused-ring (bicyclic) bond motifs is 1. The SMILES string of the molecule is CCOC(=O)c1ccc2cc(OCC(=O)N3CCOCC3)c(=O)oc2c1. The fourth-order valence-electron chi connectivity index (χ4n) is 2.58. The van der Waals surface area contributed by atoms with E-state index in [1.54, 1.807) is 24.0 Å². The van der Waals surface area contributed by atoms with E-state index in [-0.39, 0.29) is 30.5 Å². The Morgan fingerprint density at radius 2 is 1.96 bits per heavy atom. The Bertz CT molecular complexity index is 867. The van der Waals surface area contributed by atoms with E-state index in [0.29, 0.717) is 37.3 Å². The summed E-state index contributed by atoms with van der Waals surface area (Å²) in [4.78, 5) is 37.5. The van der Waals surface area contributed by atoms with Crippen molar-refractivity contribution >= 4 is 22.8 Å². The highest BCUT2D eigenvalue weighted by molar-refractivity contribution is 5.93. The maximum Gasteiger partial charge on any atom is 0.379 e. The second-order valence-electron chi connectivity index (χ2n) is 5.65. The van der Waals surface area contributed by atoms with Gasteiger partial charge in [0.05, 0.1) is 25.4 Å². The van der Waals surface area contributed by atoms with E-state index in [2.05, 4.69) is 0 Å². The lowest BCUT2D eigenvalue weighted by molar-refractivity contribution is -0.137. The lowest BCUT2D eigenvalue weighted by Crippen LogP contribution is -2.43. The molecule has 0 aliphatic carbocycles. The van der Waals surface area contributed by atoms with Gasteiger partial charge >= 0.3 is 11.6 Å². The lowest BCUT2D eigenvalue weighted by Gasteiger charge is -2.26. The Morgan fingerprint density at radius 1 is 1.19 bits per heavy atom. The molecule has 3 rings (SSSR count). The number of carbonyl (C=O) groups excluding carboxylic acids is 2. The Morgan fingerprint density at radius 3 is 2.69 bits per heavy atom. The molecule has 2 aromatic rings. The maximum absolute atomic E-state index is 12.1. The lowest BCUT2D eigenvalue weighted by atomic mass is 10.1. The molecule has 8 nitrogen and oxygen atoms in total. The molecule has 0 bridgehead atoms. The molecule has 26 heavy (non-hydrogen) atoms. The van der Waals surface area contributed by atoms with Crippen LogP contribution in [0.1, 0.15) is 17.3 Å². The van der Waals surface area contributed by atoms with Crippen molar-refractivity contribution in [2.24, 2.45) is 0 Å². The van der Waals surface area contributed by atoms with E-state index < -0.39 is 11.6 Å². The van der Waals surface area contributed by atoms with Crippen molar-refractivity contribution in [2.75, 3.05) is 39.5 Å². The molecule has 1 saturated heterocycles. The van der Waals surface area contributed by atoms with Crippen LogP contribution in [0, 0.1) is 0 Å². The number of amides is 1. The number of carbonyl (C=O) groups is 2. The van der Waals surface area contributed by atoms with Gasteiger partial charge in [0.15, 0.2) is 6.61 Å². The average Bonchev–Trinajstić information content (AvgIpc) is 2.66.